The Morgan fingerprint density at radius 2 is 1.68 bits per heavy atom. The van der Waals surface area contributed by atoms with E-state index in [1.54, 1.807) is 0 Å². The Balaban J connectivity index is 1.58. The molecule has 2 aromatic heterocycles. The molecule has 0 N–H and O–H groups in total. The van der Waals surface area contributed by atoms with E-state index in [4.69, 9.17) is 4.74 Å². The fourth-order valence-corrected chi connectivity index (χ4v) is 4.70. The number of morpholine rings is 1. The summed E-state index contributed by atoms with van der Waals surface area (Å²) in [4.78, 5) is 20.9. The summed E-state index contributed by atoms with van der Waals surface area (Å²) >= 11 is 0. The first-order valence-electron chi connectivity index (χ1n) is 10.9. The Hall–Kier alpha value is -3.02. The molecular weight excluding hydrogens is 386 g/mol. The monoisotopic (exact) mass is 413 g/mol. The van der Waals surface area contributed by atoms with Crippen molar-refractivity contribution in [1.82, 2.24) is 14.5 Å². The van der Waals surface area contributed by atoms with E-state index in [0.717, 1.165) is 78.0 Å². The van der Waals surface area contributed by atoms with Crippen molar-refractivity contribution in [3.05, 3.63) is 77.1 Å². The van der Waals surface area contributed by atoms with E-state index in [0.29, 0.717) is 0 Å². The van der Waals surface area contributed by atoms with Crippen molar-refractivity contribution in [3.8, 4) is 0 Å². The first-order chi connectivity index (χ1) is 15.1. The normalized spacial score (nSPS) is 15.0. The Kier molecular flexibility index (Phi) is 5.30. The van der Waals surface area contributed by atoms with E-state index in [-0.39, 0.29) is 5.78 Å². The van der Waals surface area contributed by atoms with E-state index >= 15 is 0 Å². The molecule has 158 valence electrons. The average molecular weight is 414 g/mol. The zero-order valence-electron chi connectivity index (χ0n) is 18.1. The van der Waals surface area contributed by atoms with E-state index in [9.17, 15) is 4.79 Å². The van der Waals surface area contributed by atoms with Gasteiger partial charge in [0.15, 0.2) is 5.78 Å². The molecule has 0 aliphatic carbocycles. The van der Waals surface area contributed by atoms with E-state index in [1.165, 1.54) is 5.56 Å². The molecule has 1 aliphatic heterocycles. The van der Waals surface area contributed by atoms with Crippen molar-refractivity contribution >= 4 is 27.6 Å². The standard InChI is InChI=1S/C26H27N3O2/c1-18-9-10-22(21-7-4-3-6-20(18)21)25(30)24-19(2)29(26-23(24)8-5-11-27-26)13-12-28-14-16-31-17-15-28/h3-11H,12-17H2,1-2H3. The number of ether oxygens (including phenoxy) is 1. The molecule has 0 saturated carbocycles. The highest BCUT2D eigenvalue weighted by atomic mass is 16.5. The topological polar surface area (TPSA) is 47.4 Å². The van der Waals surface area contributed by atoms with Crippen molar-refractivity contribution in [2.24, 2.45) is 0 Å². The number of rotatable bonds is 5. The number of carbonyl (C=O) groups excluding carboxylic acids is 1. The summed E-state index contributed by atoms with van der Waals surface area (Å²) in [5.41, 5.74) is 4.56. The van der Waals surface area contributed by atoms with Gasteiger partial charge in [0.1, 0.15) is 5.65 Å². The molecule has 0 radical (unpaired) electrons. The number of benzene rings is 2. The largest absolute Gasteiger partial charge is 0.379 e. The van der Waals surface area contributed by atoms with Gasteiger partial charge in [-0.2, -0.15) is 0 Å². The maximum absolute atomic E-state index is 13.9. The lowest BCUT2D eigenvalue weighted by molar-refractivity contribution is 0.0364. The summed E-state index contributed by atoms with van der Waals surface area (Å²) in [6.07, 6.45) is 1.81. The maximum Gasteiger partial charge on any atom is 0.196 e. The van der Waals surface area contributed by atoms with Gasteiger partial charge in [-0.3, -0.25) is 9.69 Å². The minimum atomic E-state index is 0.0665. The highest BCUT2D eigenvalue weighted by Gasteiger charge is 2.23. The Morgan fingerprint density at radius 3 is 2.48 bits per heavy atom. The van der Waals surface area contributed by atoms with Crippen LogP contribution in [0.2, 0.25) is 0 Å². The van der Waals surface area contributed by atoms with E-state index in [1.807, 2.05) is 55.6 Å². The average Bonchev–Trinajstić information content (AvgIpc) is 3.09. The molecule has 4 aromatic rings. The third kappa shape index (κ3) is 3.54. The third-order valence-corrected chi connectivity index (χ3v) is 6.44. The summed E-state index contributed by atoms with van der Waals surface area (Å²) in [6.45, 7) is 9.34. The second-order valence-electron chi connectivity index (χ2n) is 8.25. The second-order valence-corrected chi connectivity index (χ2v) is 8.25. The van der Waals surface area contributed by atoms with Crippen LogP contribution < -0.4 is 0 Å². The van der Waals surface area contributed by atoms with Gasteiger partial charge in [0.05, 0.1) is 18.8 Å². The van der Waals surface area contributed by atoms with Gasteiger partial charge in [0.2, 0.25) is 0 Å². The minimum absolute atomic E-state index is 0.0665. The molecule has 0 amide bonds. The molecule has 31 heavy (non-hydrogen) atoms. The summed E-state index contributed by atoms with van der Waals surface area (Å²) in [6, 6.07) is 16.1. The van der Waals surface area contributed by atoms with Crippen LogP contribution in [0.1, 0.15) is 27.2 Å². The van der Waals surface area contributed by atoms with Gasteiger partial charge in [0, 0.05) is 49.0 Å². The molecule has 0 spiro atoms. The highest BCUT2D eigenvalue weighted by molar-refractivity contribution is 6.22. The van der Waals surface area contributed by atoms with Gasteiger partial charge in [-0.25, -0.2) is 4.98 Å². The number of nitrogens with zero attached hydrogens (tertiary/aromatic N) is 3. The molecule has 0 atom stereocenters. The van der Waals surface area contributed by atoms with Gasteiger partial charge in [-0.1, -0.05) is 36.4 Å². The zero-order valence-corrected chi connectivity index (χ0v) is 18.1. The van der Waals surface area contributed by atoms with Gasteiger partial charge < -0.3 is 9.30 Å². The molecule has 3 heterocycles. The number of fused-ring (bicyclic) bond motifs is 2. The SMILES string of the molecule is Cc1ccc(C(=O)c2c(C)n(CCN3CCOCC3)c3ncccc23)c2ccccc12. The molecule has 2 aromatic carbocycles. The van der Waals surface area contributed by atoms with Crippen LogP contribution in [0.5, 0.6) is 0 Å². The molecule has 0 bridgehead atoms. The third-order valence-electron chi connectivity index (χ3n) is 6.44. The lowest BCUT2D eigenvalue weighted by atomic mass is 9.94. The number of hydrogen-bond acceptors (Lipinski definition) is 4. The van der Waals surface area contributed by atoms with E-state index in [2.05, 4.69) is 27.4 Å². The molecule has 5 rings (SSSR count). The van der Waals surface area contributed by atoms with Crippen LogP contribution in [0.4, 0.5) is 0 Å². The number of ketones is 1. The van der Waals surface area contributed by atoms with Gasteiger partial charge in [-0.15, -0.1) is 0 Å². The van der Waals surface area contributed by atoms with Crippen LogP contribution in [0.3, 0.4) is 0 Å². The smallest absolute Gasteiger partial charge is 0.196 e. The minimum Gasteiger partial charge on any atom is -0.379 e. The molecule has 1 saturated heterocycles. The van der Waals surface area contributed by atoms with Gasteiger partial charge >= 0.3 is 0 Å². The molecule has 1 fully saturated rings. The summed E-state index contributed by atoms with van der Waals surface area (Å²) in [5.74, 6) is 0.0665. The maximum atomic E-state index is 13.9. The van der Waals surface area contributed by atoms with Crippen LogP contribution in [-0.4, -0.2) is 53.1 Å². The number of pyridine rings is 1. The molecule has 0 unspecified atom stereocenters. The van der Waals surface area contributed by atoms with Crippen molar-refractivity contribution in [3.63, 3.8) is 0 Å². The van der Waals surface area contributed by atoms with Crippen LogP contribution in [0.15, 0.2) is 54.7 Å². The number of aromatic nitrogens is 2. The Labute approximate surface area is 182 Å². The highest BCUT2D eigenvalue weighted by Crippen LogP contribution is 2.30. The fourth-order valence-electron chi connectivity index (χ4n) is 4.70. The first-order valence-corrected chi connectivity index (χ1v) is 10.9. The molecule has 1 aliphatic rings. The zero-order chi connectivity index (χ0) is 21.4. The van der Waals surface area contributed by atoms with Crippen molar-refractivity contribution in [2.75, 3.05) is 32.8 Å². The van der Waals surface area contributed by atoms with Gasteiger partial charge in [-0.05, 0) is 42.3 Å². The quantitative estimate of drug-likeness (QED) is 0.456. The van der Waals surface area contributed by atoms with Crippen LogP contribution in [-0.2, 0) is 11.3 Å². The molecule has 5 nitrogen and oxygen atoms in total. The first kappa shape index (κ1) is 19.9. The van der Waals surface area contributed by atoms with Crippen LogP contribution in [0, 0.1) is 13.8 Å². The Morgan fingerprint density at radius 1 is 0.935 bits per heavy atom. The lowest BCUT2D eigenvalue weighted by Gasteiger charge is -2.26. The van der Waals surface area contributed by atoms with Crippen molar-refractivity contribution < 1.29 is 9.53 Å². The lowest BCUT2D eigenvalue weighted by Crippen LogP contribution is -2.38. The van der Waals surface area contributed by atoms with Crippen molar-refractivity contribution in [1.29, 1.82) is 0 Å². The summed E-state index contributed by atoms with van der Waals surface area (Å²) < 4.78 is 7.67. The summed E-state index contributed by atoms with van der Waals surface area (Å²) in [7, 11) is 0. The number of carbonyl (C=O) groups is 1. The predicted molar refractivity (Wildman–Crippen MR) is 124 cm³/mol. The van der Waals surface area contributed by atoms with Crippen LogP contribution in [0.25, 0.3) is 21.8 Å². The molecular formula is C26H27N3O2. The molecule has 5 heteroatoms. The second kappa shape index (κ2) is 8.25. The predicted octanol–water partition coefficient (Wildman–Crippen LogP) is 4.37. The fraction of sp³-hybridized carbons (Fsp3) is 0.308. The Bertz CT molecular complexity index is 1270. The van der Waals surface area contributed by atoms with Crippen LogP contribution >= 0.6 is 0 Å². The number of hydrogen-bond donors (Lipinski definition) is 0. The van der Waals surface area contributed by atoms with Crippen molar-refractivity contribution in [2.45, 2.75) is 20.4 Å². The summed E-state index contributed by atoms with van der Waals surface area (Å²) in [5, 5.41) is 3.06. The number of aryl methyl sites for hydroxylation is 1. The van der Waals surface area contributed by atoms with E-state index < -0.39 is 0 Å². The van der Waals surface area contributed by atoms with Gasteiger partial charge in [0.25, 0.3) is 0 Å².